The summed E-state index contributed by atoms with van der Waals surface area (Å²) in [6.45, 7) is 3.38. The number of carbonyl (C=O) groups is 1. The number of nitrogens with zero attached hydrogens (tertiary/aromatic N) is 1. The number of rotatable bonds is 17. The van der Waals surface area contributed by atoms with Gasteiger partial charge in [0, 0.05) is 13.0 Å². The molecule has 1 aromatic rings. The Kier molecular flexibility index (Phi) is 24.5. The van der Waals surface area contributed by atoms with Crippen molar-refractivity contribution in [2.24, 2.45) is 0 Å². The number of benzene rings is 1. The van der Waals surface area contributed by atoms with Crippen LogP contribution in [0, 0.1) is 0 Å². The van der Waals surface area contributed by atoms with E-state index >= 15 is 0 Å². The van der Waals surface area contributed by atoms with Crippen LogP contribution in [0.5, 0.6) is 0 Å². The first kappa shape index (κ1) is 32.1. The highest BCUT2D eigenvalue weighted by Gasteiger charge is 2.11. The molecule has 0 bridgehead atoms. The van der Waals surface area contributed by atoms with Crippen molar-refractivity contribution in [1.29, 1.82) is 0 Å². The van der Waals surface area contributed by atoms with Gasteiger partial charge in [-0.3, -0.25) is 4.79 Å². The molecular weight excluding hydrogens is 406 g/mol. The van der Waals surface area contributed by atoms with Gasteiger partial charge in [0.2, 0.25) is 0 Å². The van der Waals surface area contributed by atoms with Crippen molar-refractivity contribution in [2.75, 3.05) is 14.1 Å². The van der Waals surface area contributed by atoms with Crippen LogP contribution < -0.4 is 0 Å². The molecule has 0 fully saturated rings. The monoisotopic (exact) mass is 455 g/mol. The van der Waals surface area contributed by atoms with Gasteiger partial charge < -0.3 is 10.0 Å². The van der Waals surface area contributed by atoms with E-state index in [1.807, 2.05) is 0 Å². The summed E-state index contributed by atoms with van der Waals surface area (Å²) in [5.41, 5.74) is 1.47. The summed E-state index contributed by atoms with van der Waals surface area (Å²) < 4.78 is 0. The molecular formula is C27H50ClNO2. The molecule has 1 atom stereocenters. The van der Waals surface area contributed by atoms with Crippen LogP contribution in [-0.2, 0) is 11.2 Å². The van der Waals surface area contributed by atoms with Gasteiger partial charge in [-0.25, -0.2) is 0 Å². The highest BCUT2D eigenvalue weighted by Crippen LogP contribution is 2.16. The van der Waals surface area contributed by atoms with Crippen LogP contribution in [0.25, 0.3) is 0 Å². The Hall–Kier alpha value is -1.06. The zero-order valence-electron chi connectivity index (χ0n) is 20.8. The highest BCUT2D eigenvalue weighted by molar-refractivity contribution is 5.85. The maximum absolute atomic E-state index is 9.00. The summed E-state index contributed by atoms with van der Waals surface area (Å²) in [5.74, 6) is -0.833. The topological polar surface area (TPSA) is 40.5 Å². The molecule has 0 aliphatic heterocycles. The number of hydrogen-bond donors (Lipinski definition) is 1. The lowest BCUT2D eigenvalue weighted by Gasteiger charge is -2.24. The smallest absolute Gasteiger partial charge is 0.300 e. The van der Waals surface area contributed by atoms with Crippen molar-refractivity contribution in [3.8, 4) is 0 Å². The van der Waals surface area contributed by atoms with Crippen LogP contribution in [0.2, 0.25) is 0 Å². The van der Waals surface area contributed by atoms with E-state index in [4.69, 9.17) is 9.90 Å². The Morgan fingerprint density at radius 3 is 1.58 bits per heavy atom. The second kappa shape index (κ2) is 23.6. The average molecular weight is 456 g/mol. The fourth-order valence-corrected chi connectivity index (χ4v) is 3.83. The number of aliphatic carboxylic acids is 1. The fourth-order valence-electron chi connectivity index (χ4n) is 3.83. The van der Waals surface area contributed by atoms with Crippen molar-refractivity contribution in [3.05, 3.63) is 35.9 Å². The summed E-state index contributed by atoms with van der Waals surface area (Å²) in [7, 11) is 4.46. The molecule has 31 heavy (non-hydrogen) atoms. The normalized spacial score (nSPS) is 11.4. The average Bonchev–Trinajstić information content (AvgIpc) is 2.70. The van der Waals surface area contributed by atoms with Crippen molar-refractivity contribution >= 4 is 18.4 Å². The van der Waals surface area contributed by atoms with Gasteiger partial charge >= 0.3 is 0 Å². The summed E-state index contributed by atoms with van der Waals surface area (Å²) in [6, 6.07) is 11.6. The van der Waals surface area contributed by atoms with Crippen LogP contribution in [0.3, 0.4) is 0 Å². The van der Waals surface area contributed by atoms with E-state index in [9.17, 15) is 0 Å². The quantitative estimate of drug-likeness (QED) is 0.241. The molecule has 4 heteroatoms. The molecule has 0 radical (unpaired) electrons. The van der Waals surface area contributed by atoms with Gasteiger partial charge in [0.15, 0.2) is 0 Å². The first-order valence-electron chi connectivity index (χ1n) is 12.4. The molecule has 0 aliphatic carbocycles. The molecule has 0 saturated carbocycles. The van der Waals surface area contributed by atoms with E-state index in [2.05, 4.69) is 56.3 Å². The number of halogens is 1. The van der Waals surface area contributed by atoms with Crippen LogP contribution >= 0.6 is 12.4 Å². The number of carboxylic acid groups (broad SMARTS) is 1. The van der Waals surface area contributed by atoms with E-state index in [-0.39, 0.29) is 12.4 Å². The largest absolute Gasteiger partial charge is 0.481 e. The molecule has 1 N–H and O–H groups in total. The molecule has 0 aliphatic rings. The van der Waals surface area contributed by atoms with E-state index < -0.39 is 5.97 Å². The van der Waals surface area contributed by atoms with Crippen LogP contribution in [-0.4, -0.2) is 36.1 Å². The van der Waals surface area contributed by atoms with Gasteiger partial charge in [-0.1, -0.05) is 121 Å². The molecule has 0 saturated heterocycles. The number of hydrogen-bond acceptors (Lipinski definition) is 2. The minimum atomic E-state index is -0.833. The lowest BCUT2D eigenvalue weighted by atomic mass is 9.98. The first-order valence-corrected chi connectivity index (χ1v) is 12.4. The molecule has 3 nitrogen and oxygen atoms in total. The van der Waals surface area contributed by atoms with Crippen molar-refractivity contribution in [2.45, 2.75) is 116 Å². The van der Waals surface area contributed by atoms with Crippen molar-refractivity contribution < 1.29 is 9.90 Å². The fraction of sp³-hybridized carbons (Fsp3) is 0.741. The molecule has 0 amide bonds. The van der Waals surface area contributed by atoms with E-state index in [0.717, 1.165) is 6.92 Å². The minimum Gasteiger partial charge on any atom is -0.481 e. The van der Waals surface area contributed by atoms with Gasteiger partial charge in [0.05, 0.1) is 0 Å². The molecule has 1 unspecified atom stereocenters. The molecule has 1 rings (SSSR count). The Bertz CT molecular complexity index is 489. The molecule has 0 heterocycles. The Morgan fingerprint density at radius 1 is 0.806 bits per heavy atom. The van der Waals surface area contributed by atoms with Crippen LogP contribution in [0.4, 0.5) is 0 Å². The van der Waals surface area contributed by atoms with Crippen molar-refractivity contribution in [3.63, 3.8) is 0 Å². The van der Waals surface area contributed by atoms with Gasteiger partial charge in [-0.05, 0) is 32.5 Å². The second-order valence-electron chi connectivity index (χ2n) is 8.86. The number of likely N-dealkylation sites (N-methyl/N-ethyl adjacent to an activating group) is 1. The third-order valence-corrected chi connectivity index (χ3v) is 5.69. The Balaban J connectivity index is 0. The molecule has 0 aromatic heterocycles. The maximum atomic E-state index is 9.00. The zero-order valence-corrected chi connectivity index (χ0v) is 21.6. The second-order valence-corrected chi connectivity index (χ2v) is 8.86. The van der Waals surface area contributed by atoms with E-state index in [1.165, 1.54) is 102 Å². The molecule has 182 valence electrons. The Labute approximate surface area is 199 Å². The van der Waals surface area contributed by atoms with Gasteiger partial charge in [0.25, 0.3) is 5.97 Å². The minimum absolute atomic E-state index is 0. The molecule has 0 spiro atoms. The number of unbranched alkanes of at least 4 members (excludes halogenated alkanes) is 12. The molecule has 1 aromatic carbocycles. The lowest BCUT2D eigenvalue weighted by Crippen LogP contribution is -2.30. The predicted octanol–water partition coefficient (Wildman–Crippen LogP) is 8.15. The summed E-state index contributed by atoms with van der Waals surface area (Å²) in [4.78, 5) is 11.4. The summed E-state index contributed by atoms with van der Waals surface area (Å²) in [5, 5.41) is 7.42. The van der Waals surface area contributed by atoms with Crippen molar-refractivity contribution in [1.82, 2.24) is 4.90 Å². The number of carboxylic acids is 1. The van der Waals surface area contributed by atoms with Crippen LogP contribution in [0.1, 0.15) is 109 Å². The lowest BCUT2D eigenvalue weighted by molar-refractivity contribution is -0.134. The van der Waals surface area contributed by atoms with Gasteiger partial charge in [0.1, 0.15) is 0 Å². The maximum Gasteiger partial charge on any atom is 0.300 e. The van der Waals surface area contributed by atoms with Gasteiger partial charge in [-0.2, -0.15) is 0 Å². The Morgan fingerprint density at radius 2 is 1.19 bits per heavy atom. The predicted molar refractivity (Wildman–Crippen MR) is 138 cm³/mol. The zero-order chi connectivity index (χ0) is 22.5. The van der Waals surface area contributed by atoms with Gasteiger partial charge in [-0.15, -0.1) is 12.4 Å². The SMILES string of the molecule is CC(=O)O.CCCCCCCCCCCCCCCC(Cc1ccccc1)N(C)C.Cl. The first-order chi connectivity index (χ1) is 14.5. The standard InChI is InChI=1S/C25H45N.C2H4O2.ClH/c1-4-5-6-7-8-9-10-11-12-13-14-15-19-22-25(26(2)3)23-24-20-17-16-18-21-24;1-2(3)4;/h16-18,20-21,25H,4-15,19,22-23H2,1-3H3;1H3,(H,3,4);1H. The third-order valence-electron chi connectivity index (χ3n) is 5.69. The van der Waals surface area contributed by atoms with E-state index in [1.54, 1.807) is 0 Å². The summed E-state index contributed by atoms with van der Waals surface area (Å²) in [6.07, 6.45) is 21.2. The summed E-state index contributed by atoms with van der Waals surface area (Å²) >= 11 is 0. The van der Waals surface area contributed by atoms with Crippen LogP contribution in [0.15, 0.2) is 30.3 Å². The van der Waals surface area contributed by atoms with E-state index in [0.29, 0.717) is 6.04 Å². The third kappa shape index (κ3) is 23.4. The highest BCUT2D eigenvalue weighted by atomic mass is 35.5.